The Morgan fingerprint density at radius 3 is 2.39 bits per heavy atom. The van der Waals surface area contributed by atoms with E-state index in [1.165, 1.54) is 0 Å². The van der Waals surface area contributed by atoms with Crippen LogP contribution in [-0.4, -0.2) is 11.5 Å². The van der Waals surface area contributed by atoms with Gasteiger partial charge in [-0.25, -0.2) is 4.79 Å². The third kappa shape index (κ3) is 4.50. The molecule has 1 heterocycles. The van der Waals surface area contributed by atoms with Gasteiger partial charge in [0.1, 0.15) is 0 Å². The van der Waals surface area contributed by atoms with Crippen LogP contribution in [0.5, 0.6) is 0 Å². The van der Waals surface area contributed by atoms with E-state index in [9.17, 15) is 4.79 Å². The third-order valence-corrected chi connectivity index (χ3v) is 6.62. The van der Waals surface area contributed by atoms with E-state index in [1.54, 1.807) is 11.8 Å². The number of halogens is 1. The first-order valence-corrected chi connectivity index (χ1v) is 11.2. The molecule has 0 radical (unpaired) electrons. The lowest BCUT2D eigenvalue weighted by atomic mass is 10.1. The first kappa shape index (κ1) is 21.5. The highest BCUT2D eigenvalue weighted by molar-refractivity contribution is 8.00. The lowest BCUT2D eigenvalue weighted by Crippen LogP contribution is -2.46. The van der Waals surface area contributed by atoms with Crippen molar-refractivity contribution in [1.29, 1.82) is 0 Å². The number of nitrogens with two attached hydrogens (primary N) is 2. The second kappa shape index (κ2) is 9.62. The zero-order valence-electron chi connectivity index (χ0n) is 16.8. The van der Waals surface area contributed by atoms with Crippen molar-refractivity contribution in [1.82, 2.24) is 10.6 Å². The van der Waals surface area contributed by atoms with Gasteiger partial charge in [0, 0.05) is 24.5 Å². The zero-order chi connectivity index (χ0) is 21.8. The minimum absolute atomic E-state index is 0.275. The minimum atomic E-state index is -0.368. The van der Waals surface area contributed by atoms with Gasteiger partial charge in [0.05, 0.1) is 16.4 Å². The maximum atomic E-state index is 12.8. The van der Waals surface area contributed by atoms with Gasteiger partial charge in [0.25, 0.3) is 0 Å². The Balaban J connectivity index is 1.57. The molecule has 160 valence electrons. The molecule has 0 saturated carbocycles. The SMILES string of the molecule is NCc1ccccc1CNC(=O)NC1Sc2ccccc2N1c1c(Cl)cccc1CN. The maximum absolute atomic E-state index is 12.8. The number of amides is 2. The Kier molecular flexibility index (Phi) is 6.67. The Bertz CT molecular complexity index is 1090. The maximum Gasteiger partial charge on any atom is 0.317 e. The van der Waals surface area contributed by atoms with Gasteiger partial charge in [-0.1, -0.05) is 71.9 Å². The van der Waals surface area contributed by atoms with E-state index in [2.05, 4.69) is 10.6 Å². The van der Waals surface area contributed by atoms with E-state index in [-0.39, 0.29) is 11.5 Å². The highest BCUT2D eigenvalue weighted by atomic mass is 35.5. The topological polar surface area (TPSA) is 96.4 Å². The van der Waals surface area contributed by atoms with Gasteiger partial charge >= 0.3 is 6.03 Å². The number of thioether (sulfide) groups is 1. The van der Waals surface area contributed by atoms with E-state index in [4.69, 9.17) is 23.1 Å². The lowest BCUT2D eigenvalue weighted by Gasteiger charge is -2.30. The number of para-hydroxylation sites is 2. The van der Waals surface area contributed by atoms with Gasteiger partial charge in [-0.3, -0.25) is 0 Å². The van der Waals surface area contributed by atoms with Gasteiger partial charge in [-0.05, 0) is 34.9 Å². The number of benzene rings is 3. The van der Waals surface area contributed by atoms with E-state index in [1.807, 2.05) is 71.6 Å². The first-order chi connectivity index (χ1) is 15.1. The highest BCUT2D eigenvalue weighted by Gasteiger charge is 2.34. The van der Waals surface area contributed by atoms with E-state index >= 15 is 0 Å². The molecule has 31 heavy (non-hydrogen) atoms. The molecule has 4 rings (SSSR count). The molecule has 0 fully saturated rings. The lowest BCUT2D eigenvalue weighted by molar-refractivity contribution is 0.240. The molecule has 1 aliphatic heterocycles. The number of fused-ring (bicyclic) bond motifs is 1. The van der Waals surface area contributed by atoms with Crippen LogP contribution in [0.2, 0.25) is 5.02 Å². The summed E-state index contributed by atoms with van der Waals surface area (Å²) >= 11 is 8.14. The Labute approximate surface area is 190 Å². The monoisotopic (exact) mass is 453 g/mol. The summed E-state index contributed by atoms with van der Waals surface area (Å²) in [6, 6.07) is 21.2. The number of carbonyl (C=O) groups excluding carboxylic acids is 1. The number of carbonyl (C=O) groups is 1. The van der Waals surface area contributed by atoms with Crippen LogP contribution in [-0.2, 0) is 19.6 Å². The Morgan fingerprint density at radius 1 is 0.935 bits per heavy atom. The van der Waals surface area contributed by atoms with E-state index in [0.717, 1.165) is 33.0 Å². The van der Waals surface area contributed by atoms with Gasteiger partial charge < -0.3 is 27.0 Å². The van der Waals surface area contributed by atoms with E-state index < -0.39 is 0 Å². The minimum Gasteiger partial charge on any atom is -0.334 e. The van der Waals surface area contributed by atoms with Crippen molar-refractivity contribution < 1.29 is 4.79 Å². The smallest absolute Gasteiger partial charge is 0.317 e. The van der Waals surface area contributed by atoms with Crippen LogP contribution in [0.3, 0.4) is 0 Å². The van der Waals surface area contributed by atoms with E-state index in [0.29, 0.717) is 24.7 Å². The molecule has 0 bridgehead atoms. The quantitative estimate of drug-likeness (QED) is 0.446. The van der Waals surface area contributed by atoms with Gasteiger partial charge in [0.15, 0.2) is 5.50 Å². The summed E-state index contributed by atoms with van der Waals surface area (Å²) in [6.45, 7) is 1.16. The second-order valence-electron chi connectivity index (χ2n) is 7.06. The van der Waals surface area contributed by atoms with Gasteiger partial charge in [-0.15, -0.1) is 0 Å². The number of rotatable bonds is 6. The molecule has 1 atom stereocenters. The number of hydrogen-bond donors (Lipinski definition) is 4. The van der Waals surface area contributed by atoms with Crippen LogP contribution in [0.4, 0.5) is 16.2 Å². The highest BCUT2D eigenvalue weighted by Crippen LogP contribution is 2.49. The Hall–Kier alpha value is -2.71. The Morgan fingerprint density at radius 2 is 1.61 bits per heavy atom. The standard InChI is InChI=1S/C23H24ClN5OS/c24-18-9-5-8-16(13-26)21(18)29-19-10-3-4-11-20(19)31-23(29)28-22(30)27-14-17-7-2-1-6-15(17)12-25/h1-11,23H,12-14,25-26H2,(H2,27,28,30). The molecule has 0 aromatic heterocycles. The van der Waals surface area contributed by atoms with Crippen LogP contribution in [0.1, 0.15) is 16.7 Å². The van der Waals surface area contributed by atoms with Gasteiger partial charge in [-0.2, -0.15) is 0 Å². The summed E-state index contributed by atoms with van der Waals surface area (Å²) in [4.78, 5) is 15.9. The van der Waals surface area contributed by atoms with Crippen LogP contribution < -0.4 is 27.0 Å². The normalized spacial score (nSPS) is 14.9. The first-order valence-electron chi connectivity index (χ1n) is 9.96. The number of hydrogen-bond acceptors (Lipinski definition) is 5. The summed E-state index contributed by atoms with van der Waals surface area (Å²) < 4.78 is 0. The average molecular weight is 454 g/mol. The van der Waals surface area contributed by atoms with Gasteiger partial charge in [0.2, 0.25) is 0 Å². The number of anilines is 2. The van der Waals surface area contributed by atoms with Crippen molar-refractivity contribution in [2.45, 2.75) is 30.0 Å². The molecule has 8 heteroatoms. The second-order valence-corrected chi connectivity index (χ2v) is 8.59. The number of nitrogens with one attached hydrogen (secondary N) is 2. The molecular formula is C23H24ClN5OS. The molecule has 1 aliphatic rings. The fraction of sp³-hybridized carbons (Fsp3) is 0.174. The van der Waals surface area contributed by atoms with Crippen molar-refractivity contribution in [2.24, 2.45) is 11.5 Å². The molecule has 0 aliphatic carbocycles. The van der Waals surface area contributed by atoms with Crippen LogP contribution in [0, 0.1) is 0 Å². The molecule has 2 amide bonds. The zero-order valence-corrected chi connectivity index (χ0v) is 18.4. The van der Waals surface area contributed by atoms with Crippen LogP contribution >= 0.6 is 23.4 Å². The molecule has 0 saturated heterocycles. The van der Waals surface area contributed by atoms with Crippen molar-refractivity contribution in [3.8, 4) is 0 Å². The predicted molar refractivity (Wildman–Crippen MR) is 127 cm³/mol. The van der Waals surface area contributed by atoms with Crippen molar-refractivity contribution in [3.05, 3.63) is 88.4 Å². The third-order valence-electron chi connectivity index (χ3n) is 5.16. The summed E-state index contributed by atoms with van der Waals surface area (Å²) in [5.74, 6) is 0. The largest absolute Gasteiger partial charge is 0.334 e. The molecular weight excluding hydrogens is 430 g/mol. The van der Waals surface area contributed by atoms with Crippen molar-refractivity contribution in [3.63, 3.8) is 0 Å². The van der Waals surface area contributed by atoms with Crippen molar-refractivity contribution in [2.75, 3.05) is 4.90 Å². The molecule has 6 nitrogen and oxygen atoms in total. The molecule has 0 spiro atoms. The number of urea groups is 1. The fourth-order valence-electron chi connectivity index (χ4n) is 3.65. The van der Waals surface area contributed by atoms with Crippen molar-refractivity contribution >= 4 is 40.8 Å². The van der Waals surface area contributed by atoms with Crippen LogP contribution in [0.25, 0.3) is 0 Å². The van der Waals surface area contributed by atoms with Crippen LogP contribution in [0.15, 0.2) is 71.6 Å². The molecule has 3 aromatic carbocycles. The summed E-state index contributed by atoms with van der Waals surface area (Å²) in [5.41, 5.74) is 16.1. The summed E-state index contributed by atoms with van der Waals surface area (Å²) in [7, 11) is 0. The molecule has 1 unspecified atom stereocenters. The summed E-state index contributed by atoms with van der Waals surface area (Å²) in [5, 5.41) is 6.60. The predicted octanol–water partition coefficient (Wildman–Crippen LogP) is 4.28. The summed E-state index contributed by atoms with van der Waals surface area (Å²) in [6.07, 6.45) is 0. The number of nitrogens with zero attached hydrogens (tertiary/aromatic N) is 1. The molecule has 3 aromatic rings. The molecule has 6 N–H and O–H groups in total. The average Bonchev–Trinajstić information content (AvgIpc) is 3.15. The fourth-order valence-corrected chi connectivity index (χ4v) is 5.11.